The van der Waals surface area contributed by atoms with Gasteiger partial charge in [0.2, 0.25) is 0 Å². The molecule has 2 rings (SSSR count). The van der Waals surface area contributed by atoms with Crippen LogP contribution < -0.4 is 5.73 Å². The largest absolute Gasteiger partial charge is 0.490 e. The molecular formula is C13H19N2O14P3. The zero-order valence-corrected chi connectivity index (χ0v) is 18.5. The Hall–Kier alpha value is -1.24. The molecule has 180 valence electrons. The van der Waals surface area contributed by atoms with Crippen molar-refractivity contribution in [2.75, 3.05) is 13.2 Å². The second kappa shape index (κ2) is 10.4. The Labute approximate surface area is 179 Å². The molecule has 2 heterocycles. The number of nitrogens with zero attached hydrogens (tertiary/aromatic N) is 1. The van der Waals surface area contributed by atoms with Crippen molar-refractivity contribution in [3.8, 4) is 11.8 Å². The van der Waals surface area contributed by atoms with Crippen molar-refractivity contribution in [2.45, 2.75) is 24.5 Å². The fourth-order valence-electron chi connectivity index (χ4n) is 2.60. The molecule has 0 aromatic carbocycles. The summed E-state index contributed by atoms with van der Waals surface area (Å²) in [5.74, 6) is 5.22. The minimum Gasteiger partial charge on any atom is -0.387 e. The summed E-state index contributed by atoms with van der Waals surface area (Å²) in [6.45, 7) is -0.943. The molecular weight excluding hydrogens is 501 g/mol. The van der Waals surface area contributed by atoms with E-state index in [1.54, 1.807) is 0 Å². The second-order valence-electron chi connectivity index (χ2n) is 6.12. The van der Waals surface area contributed by atoms with Crippen LogP contribution in [0.25, 0.3) is 0 Å². The van der Waals surface area contributed by atoms with Gasteiger partial charge in [-0.05, 0) is 6.07 Å². The van der Waals surface area contributed by atoms with Crippen molar-refractivity contribution < 1.29 is 66.2 Å². The lowest BCUT2D eigenvalue weighted by Gasteiger charge is -2.19. The lowest BCUT2D eigenvalue weighted by Crippen LogP contribution is -2.33. The molecule has 0 radical (unpaired) electrons. The number of phosphoric ester groups is 1. The molecule has 0 amide bonds. The standard InChI is InChI=1S/C13H19N2O14P3/c14-3-1-2-8-4-9(6-16)15(5-8)13-12(18)11(17)10(27-13)7-26-31(22,23)29-32(24,25)28-30(19,20)21/h4-6,10-13,17-18H,3,7,14H2,(H,22,23)(H,24,25)(H2,19,20,21)/t10-,11-,12-,13-/m1/s1. The van der Waals surface area contributed by atoms with E-state index in [2.05, 4.69) is 25.0 Å². The summed E-state index contributed by atoms with van der Waals surface area (Å²) in [5.41, 5.74) is 5.63. The first kappa shape index (κ1) is 27.0. The molecule has 2 unspecified atom stereocenters. The number of hydrogen-bond donors (Lipinski definition) is 7. The number of aromatic nitrogens is 1. The van der Waals surface area contributed by atoms with Crippen LogP contribution in [0.15, 0.2) is 12.3 Å². The molecule has 6 atom stereocenters. The van der Waals surface area contributed by atoms with Gasteiger partial charge in [0.05, 0.1) is 18.8 Å². The molecule has 1 fully saturated rings. The summed E-state index contributed by atoms with van der Waals surface area (Å²) < 4.78 is 51.7. The number of aliphatic hydroxyl groups is 2. The Morgan fingerprint density at radius 1 is 1.12 bits per heavy atom. The summed E-state index contributed by atoms with van der Waals surface area (Å²) in [7, 11) is -16.7. The maximum absolute atomic E-state index is 11.8. The highest BCUT2D eigenvalue weighted by Crippen LogP contribution is 2.66. The SMILES string of the molecule is NCC#Cc1cc(C=O)n([C@@H]2O[C@H](COP(=O)(O)OP(=O)(O)OP(=O)(O)O)[C@@H](O)[C@H]2O)c1. The molecule has 1 saturated heterocycles. The first-order chi connectivity index (χ1) is 14.7. The van der Waals surface area contributed by atoms with Gasteiger partial charge in [-0.3, -0.25) is 9.32 Å². The predicted octanol–water partition coefficient (Wildman–Crippen LogP) is -1.43. The third-order valence-corrected chi connectivity index (χ3v) is 7.57. The number of aldehydes is 1. The van der Waals surface area contributed by atoms with Crippen LogP contribution in [0.2, 0.25) is 0 Å². The Morgan fingerprint density at radius 2 is 1.78 bits per heavy atom. The van der Waals surface area contributed by atoms with Crippen LogP contribution in [-0.2, 0) is 31.6 Å². The highest BCUT2D eigenvalue weighted by Gasteiger charge is 2.46. The van der Waals surface area contributed by atoms with E-state index >= 15 is 0 Å². The molecule has 32 heavy (non-hydrogen) atoms. The zero-order chi connectivity index (χ0) is 24.3. The summed E-state index contributed by atoms with van der Waals surface area (Å²) in [6.07, 6.45) is -4.46. The average Bonchev–Trinajstić information content (AvgIpc) is 3.17. The minimum absolute atomic E-state index is 0.0103. The number of aliphatic hydroxyl groups excluding tert-OH is 2. The first-order valence-electron chi connectivity index (χ1n) is 8.34. The van der Waals surface area contributed by atoms with Gasteiger partial charge in [-0.2, -0.15) is 8.62 Å². The van der Waals surface area contributed by atoms with Crippen LogP contribution in [0.3, 0.4) is 0 Å². The number of nitrogens with two attached hydrogens (primary N) is 1. The molecule has 16 nitrogen and oxygen atoms in total. The quantitative estimate of drug-likeness (QED) is 0.112. The van der Waals surface area contributed by atoms with Gasteiger partial charge in [-0.1, -0.05) is 11.8 Å². The molecule has 1 aliphatic rings. The molecule has 19 heteroatoms. The van der Waals surface area contributed by atoms with Gasteiger partial charge >= 0.3 is 23.5 Å². The van der Waals surface area contributed by atoms with Gasteiger partial charge in [0.1, 0.15) is 18.3 Å². The third kappa shape index (κ3) is 7.39. The normalized spacial score (nSPS) is 27.2. The van der Waals surface area contributed by atoms with E-state index in [-0.39, 0.29) is 12.2 Å². The van der Waals surface area contributed by atoms with Gasteiger partial charge in [-0.25, -0.2) is 13.7 Å². The lowest BCUT2D eigenvalue weighted by molar-refractivity contribution is -0.0522. The molecule has 0 spiro atoms. The van der Waals surface area contributed by atoms with E-state index in [0.29, 0.717) is 11.8 Å². The van der Waals surface area contributed by atoms with Crippen molar-refractivity contribution in [2.24, 2.45) is 5.73 Å². The van der Waals surface area contributed by atoms with Crippen LogP contribution in [0.4, 0.5) is 0 Å². The molecule has 0 saturated carbocycles. The summed E-state index contributed by atoms with van der Waals surface area (Å²) in [5, 5.41) is 20.4. The van der Waals surface area contributed by atoms with E-state index in [9.17, 15) is 33.6 Å². The smallest absolute Gasteiger partial charge is 0.387 e. The van der Waals surface area contributed by atoms with Gasteiger partial charge in [0, 0.05) is 11.8 Å². The van der Waals surface area contributed by atoms with Crippen LogP contribution in [0.5, 0.6) is 0 Å². The molecule has 0 bridgehead atoms. The number of carbonyl (C=O) groups excluding carboxylic acids is 1. The Kier molecular flexibility index (Phi) is 8.74. The summed E-state index contributed by atoms with van der Waals surface area (Å²) >= 11 is 0. The molecule has 1 aromatic rings. The van der Waals surface area contributed by atoms with Crippen molar-refractivity contribution in [1.29, 1.82) is 0 Å². The van der Waals surface area contributed by atoms with E-state index in [4.69, 9.17) is 25.2 Å². The Morgan fingerprint density at radius 3 is 2.34 bits per heavy atom. The van der Waals surface area contributed by atoms with Crippen molar-refractivity contribution in [1.82, 2.24) is 4.57 Å². The predicted molar refractivity (Wildman–Crippen MR) is 101 cm³/mol. The molecule has 8 N–H and O–H groups in total. The Balaban J connectivity index is 2.10. The topological polar surface area (TPSA) is 258 Å². The monoisotopic (exact) mass is 520 g/mol. The molecule has 1 aromatic heterocycles. The van der Waals surface area contributed by atoms with E-state index in [0.717, 1.165) is 4.57 Å². The number of carbonyl (C=O) groups is 1. The summed E-state index contributed by atoms with van der Waals surface area (Å²) in [6, 6.07) is 1.36. The van der Waals surface area contributed by atoms with Crippen molar-refractivity contribution in [3.63, 3.8) is 0 Å². The number of ether oxygens (including phenoxy) is 1. The van der Waals surface area contributed by atoms with E-state index < -0.39 is 54.6 Å². The van der Waals surface area contributed by atoms with Crippen LogP contribution >= 0.6 is 23.5 Å². The highest BCUT2D eigenvalue weighted by atomic mass is 31.3. The number of rotatable bonds is 9. The summed E-state index contributed by atoms with van der Waals surface area (Å²) in [4.78, 5) is 46.9. The molecule has 1 aliphatic heterocycles. The van der Waals surface area contributed by atoms with E-state index in [1.165, 1.54) is 12.3 Å². The van der Waals surface area contributed by atoms with Crippen LogP contribution in [0, 0.1) is 11.8 Å². The number of hydrogen-bond acceptors (Lipinski definition) is 11. The highest BCUT2D eigenvalue weighted by molar-refractivity contribution is 7.66. The fourth-order valence-corrected chi connectivity index (χ4v) is 5.63. The van der Waals surface area contributed by atoms with Crippen molar-refractivity contribution >= 4 is 29.8 Å². The minimum atomic E-state index is -5.72. The lowest BCUT2D eigenvalue weighted by atomic mass is 10.1. The zero-order valence-electron chi connectivity index (χ0n) is 15.8. The maximum Gasteiger partial charge on any atom is 0.490 e. The van der Waals surface area contributed by atoms with Crippen molar-refractivity contribution in [3.05, 3.63) is 23.5 Å². The average molecular weight is 520 g/mol. The second-order valence-corrected chi connectivity index (χ2v) is 10.5. The van der Waals surface area contributed by atoms with Crippen LogP contribution in [0.1, 0.15) is 22.3 Å². The first-order valence-corrected chi connectivity index (χ1v) is 12.9. The van der Waals surface area contributed by atoms with Gasteiger partial charge in [0.15, 0.2) is 12.5 Å². The van der Waals surface area contributed by atoms with Gasteiger partial charge in [0.25, 0.3) is 0 Å². The molecule has 0 aliphatic carbocycles. The van der Waals surface area contributed by atoms with E-state index in [1.807, 2.05) is 0 Å². The fraction of sp³-hybridized carbons (Fsp3) is 0.462. The van der Waals surface area contributed by atoms with Gasteiger partial charge in [-0.15, -0.1) is 0 Å². The Bertz CT molecular complexity index is 1040. The number of phosphoric acid groups is 3. The maximum atomic E-state index is 11.8. The van der Waals surface area contributed by atoms with Gasteiger partial charge < -0.3 is 44.8 Å². The third-order valence-electron chi connectivity index (χ3n) is 3.76. The van der Waals surface area contributed by atoms with Crippen LogP contribution in [-0.4, -0.2) is 72.1 Å².